The van der Waals surface area contributed by atoms with Crippen molar-refractivity contribution in [3.05, 3.63) is 65.1 Å². The molecule has 4 rings (SSSR count). The average molecular weight is 521 g/mol. The van der Waals surface area contributed by atoms with Crippen LogP contribution in [0.1, 0.15) is 16.7 Å². The van der Waals surface area contributed by atoms with Crippen LogP contribution in [-0.2, 0) is 27.8 Å². The molecule has 0 radical (unpaired) electrons. The Morgan fingerprint density at radius 3 is 2.67 bits per heavy atom. The molecule has 0 fully saturated rings. The van der Waals surface area contributed by atoms with Gasteiger partial charge in [-0.3, -0.25) is 14.0 Å². The number of hydrogen-bond donors (Lipinski definition) is 2. The number of carbonyl (C=O) groups is 1. The van der Waals surface area contributed by atoms with Crippen LogP contribution in [0.15, 0.2) is 42.6 Å². The third-order valence-electron chi connectivity index (χ3n) is 5.68. The van der Waals surface area contributed by atoms with Crippen molar-refractivity contribution in [1.82, 2.24) is 9.97 Å². The average Bonchev–Trinajstić information content (AvgIpc) is 3.19. The summed E-state index contributed by atoms with van der Waals surface area (Å²) in [7, 11) is -2.37. The summed E-state index contributed by atoms with van der Waals surface area (Å²) < 4.78 is 68.3. The molecular weight excluding hydrogens is 497 g/mol. The number of aromatic nitrogens is 2. The first-order valence-corrected chi connectivity index (χ1v) is 12.6. The van der Waals surface area contributed by atoms with Gasteiger partial charge in [0, 0.05) is 24.0 Å². The van der Waals surface area contributed by atoms with Gasteiger partial charge in [-0.25, -0.2) is 17.8 Å². The van der Waals surface area contributed by atoms with E-state index in [1.54, 1.807) is 37.3 Å². The van der Waals surface area contributed by atoms with E-state index in [-0.39, 0.29) is 29.5 Å². The molecule has 0 spiro atoms. The summed E-state index contributed by atoms with van der Waals surface area (Å²) in [6.07, 6.45) is 1.87. The summed E-state index contributed by atoms with van der Waals surface area (Å²) in [5.41, 5.74) is 2.85. The summed E-state index contributed by atoms with van der Waals surface area (Å²) in [5.74, 6) is -2.10. The number of nitrogens with zero attached hydrogens (tertiary/aromatic N) is 4. The summed E-state index contributed by atoms with van der Waals surface area (Å²) in [6, 6.07) is 9.77. The summed E-state index contributed by atoms with van der Waals surface area (Å²) in [6.45, 7) is -1.96. The molecule has 0 bridgehead atoms. The van der Waals surface area contributed by atoms with Crippen LogP contribution >= 0.6 is 0 Å². The number of amides is 1. The second-order valence-electron chi connectivity index (χ2n) is 8.32. The first-order chi connectivity index (χ1) is 16.9. The maximum Gasteiger partial charge on any atom is 0.316 e. The fourth-order valence-corrected chi connectivity index (χ4v) is 4.39. The largest absolute Gasteiger partial charge is 0.325 e. The Kier molecular flexibility index (Phi) is 6.76. The number of nitrogens with one attached hydrogen (secondary N) is 2. The number of alkyl halides is 2. The highest BCUT2D eigenvalue weighted by molar-refractivity contribution is 7.92. The van der Waals surface area contributed by atoms with Crippen molar-refractivity contribution in [3.63, 3.8) is 0 Å². The van der Waals surface area contributed by atoms with E-state index in [2.05, 4.69) is 20.6 Å². The normalized spacial score (nSPS) is 12.9. The lowest BCUT2D eigenvalue weighted by Gasteiger charge is -2.27. The summed E-state index contributed by atoms with van der Waals surface area (Å²) in [4.78, 5) is 20.0. The van der Waals surface area contributed by atoms with E-state index >= 15 is 0 Å². The van der Waals surface area contributed by atoms with Crippen molar-refractivity contribution in [1.29, 1.82) is 0 Å². The minimum Gasteiger partial charge on any atom is -0.325 e. The number of fused-ring (bicyclic) bond motifs is 1. The predicted octanol–water partition coefficient (Wildman–Crippen LogP) is 3.79. The van der Waals surface area contributed by atoms with Gasteiger partial charge in [0.1, 0.15) is 0 Å². The number of hydrogen-bond acceptors (Lipinski definition) is 7. The van der Waals surface area contributed by atoms with Crippen molar-refractivity contribution in [2.24, 2.45) is 0 Å². The molecule has 0 atom stereocenters. The van der Waals surface area contributed by atoms with E-state index in [4.69, 9.17) is 0 Å². The molecule has 36 heavy (non-hydrogen) atoms. The Bertz CT molecular complexity index is 1430. The quantitative estimate of drug-likeness (QED) is 0.435. The van der Waals surface area contributed by atoms with E-state index in [0.717, 1.165) is 16.8 Å². The Morgan fingerprint density at radius 1 is 1.22 bits per heavy atom. The zero-order valence-electron chi connectivity index (χ0n) is 19.6. The molecule has 0 unspecified atom stereocenters. The van der Waals surface area contributed by atoms with E-state index in [0.29, 0.717) is 27.4 Å². The highest BCUT2D eigenvalue weighted by atomic mass is 32.2. The van der Waals surface area contributed by atoms with E-state index in [9.17, 15) is 26.4 Å². The predicted molar refractivity (Wildman–Crippen MR) is 131 cm³/mol. The Hall–Kier alpha value is -3.87. The van der Waals surface area contributed by atoms with Crippen LogP contribution in [0, 0.1) is 12.7 Å². The maximum absolute atomic E-state index is 14.7. The van der Waals surface area contributed by atoms with Gasteiger partial charge in [0.15, 0.2) is 11.6 Å². The number of aryl methyl sites for hydroxylation is 1. The molecular formula is C23H23F3N6O3S. The summed E-state index contributed by atoms with van der Waals surface area (Å²) in [5, 5.41) is 5.57. The maximum atomic E-state index is 14.7. The van der Waals surface area contributed by atoms with Crippen molar-refractivity contribution < 1.29 is 26.4 Å². The number of anilines is 5. The van der Waals surface area contributed by atoms with Crippen LogP contribution in [0.3, 0.4) is 0 Å². The monoisotopic (exact) mass is 520 g/mol. The zero-order valence-corrected chi connectivity index (χ0v) is 20.4. The fraction of sp³-hybridized carbons (Fsp3) is 0.261. The molecule has 1 aromatic heterocycles. The lowest BCUT2D eigenvalue weighted by Crippen LogP contribution is -2.32. The van der Waals surface area contributed by atoms with Gasteiger partial charge in [0.2, 0.25) is 21.9 Å². The van der Waals surface area contributed by atoms with Gasteiger partial charge in [-0.15, -0.1) is 0 Å². The van der Waals surface area contributed by atoms with Crippen LogP contribution in [0.2, 0.25) is 0 Å². The highest BCUT2D eigenvalue weighted by Crippen LogP contribution is 2.33. The molecule has 190 valence electrons. The highest BCUT2D eigenvalue weighted by Gasteiger charge is 2.27. The van der Waals surface area contributed by atoms with Crippen LogP contribution in [-0.4, -0.2) is 44.1 Å². The van der Waals surface area contributed by atoms with Gasteiger partial charge >= 0.3 is 6.55 Å². The van der Waals surface area contributed by atoms with Gasteiger partial charge in [0.25, 0.3) is 0 Å². The first-order valence-electron chi connectivity index (χ1n) is 10.7. The molecule has 1 aliphatic heterocycles. The fourth-order valence-electron chi connectivity index (χ4n) is 3.85. The third-order valence-corrected chi connectivity index (χ3v) is 6.87. The number of benzene rings is 2. The number of halogens is 3. The standard InChI is InChI=1S/C23H23F3N6O3S/c1-13-7-8-19(31(2)36(3,34)35)14(9-13)12-32(22(25)26)21-16(24)11-27-23(30-21)29-18-6-4-5-17-15(18)10-20(33)28-17/h4-9,11,22H,10,12H2,1-3H3,(H,28,33)(H,27,29,30). The zero-order chi connectivity index (χ0) is 26.2. The molecule has 13 heteroatoms. The van der Waals surface area contributed by atoms with Crippen molar-refractivity contribution in [2.45, 2.75) is 26.4 Å². The molecule has 2 heterocycles. The SMILES string of the molecule is Cc1ccc(N(C)S(C)(=O)=O)c(CN(c2nc(Nc3cccc4c3CC(=O)N4)ncc2F)C(F)F)c1. The van der Waals surface area contributed by atoms with E-state index < -0.39 is 34.8 Å². The molecule has 0 saturated heterocycles. The van der Waals surface area contributed by atoms with Crippen LogP contribution in [0.25, 0.3) is 0 Å². The van der Waals surface area contributed by atoms with Gasteiger partial charge in [-0.1, -0.05) is 23.8 Å². The second-order valence-corrected chi connectivity index (χ2v) is 10.3. The number of rotatable bonds is 8. The molecule has 2 N–H and O–H groups in total. The topological polar surface area (TPSA) is 108 Å². The smallest absolute Gasteiger partial charge is 0.316 e. The van der Waals surface area contributed by atoms with Crippen LogP contribution < -0.4 is 19.8 Å². The van der Waals surface area contributed by atoms with Crippen LogP contribution in [0.4, 0.5) is 42.0 Å². The van der Waals surface area contributed by atoms with Gasteiger partial charge < -0.3 is 10.6 Å². The molecule has 9 nitrogen and oxygen atoms in total. The molecule has 1 aliphatic rings. The van der Waals surface area contributed by atoms with Crippen LogP contribution in [0.5, 0.6) is 0 Å². The molecule has 0 aliphatic carbocycles. The molecule has 0 saturated carbocycles. The number of sulfonamides is 1. The summed E-state index contributed by atoms with van der Waals surface area (Å²) >= 11 is 0. The number of carbonyl (C=O) groups excluding carboxylic acids is 1. The Morgan fingerprint density at radius 2 is 1.97 bits per heavy atom. The first kappa shape index (κ1) is 25.2. The van der Waals surface area contributed by atoms with Gasteiger partial charge in [-0.05, 0) is 30.7 Å². The van der Waals surface area contributed by atoms with Crippen molar-refractivity contribution in [2.75, 3.05) is 33.1 Å². The van der Waals surface area contributed by atoms with Gasteiger partial charge in [-0.2, -0.15) is 13.8 Å². The second kappa shape index (κ2) is 9.64. The molecule has 3 aromatic rings. The van der Waals surface area contributed by atoms with Crippen molar-refractivity contribution in [3.8, 4) is 0 Å². The molecule has 1 amide bonds. The minimum atomic E-state index is -3.68. The lowest BCUT2D eigenvalue weighted by molar-refractivity contribution is -0.115. The van der Waals surface area contributed by atoms with Crippen molar-refractivity contribution >= 4 is 44.8 Å². The Balaban J connectivity index is 1.70. The molecule has 2 aromatic carbocycles. The minimum absolute atomic E-state index is 0.111. The Labute approximate surface area is 206 Å². The lowest BCUT2D eigenvalue weighted by atomic mass is 10.1. The third kappa shape index (κ3) is 5.20. The van der Waals surface area contributed by atoms with E-state index in [1.807, 2.05) is 0 Å². The van der Waals surface area contributed by atoms with E-state index in [1.165, 1.54) is 13.1 Å². The van der Waals surface area contributed by atoms with Gasteiger partial charge in [0.05, 0.1) is 31.1 Å².